The van der Waals surface area contributed by atoms with E-state index in [1.54, 1.807) is 25.3 Å². The lowest BCUT2D eigenvalue weighted by molar-refractivity contribution is 0.101. The zero-order valence-electron chi connectivity index (χ0n) is 9.53. The lowest BCUT2D eigenvalue weighted by atomic mass is 10.1. The highest BCUT2D eigenvalue weighted by atomic mass is 16.5. The van der Waals surface area contributed by atoms with E-state index in [2.05, 4.69) is 0 Å². The molecule has 0 spiro atoms. The van der Waals surface area contributed by atoms with E-state index in [1.807, 2.05) is 0 Å². The van der Waals surface area contributed by atoms with E-state index in [0.717, 1.165) is 0 Å². The summed E-state index contributed by atoms with van der Waals surface area (Å²) in [6.45, 7) is 1.93. The average molecular weight is 224 g/mol. The summed E-state index contributed by atoms with van der Waals surface area (Å²) < 4.78 is 10.5. The van der Waals surface area contributed by atoms with Crippen molar-refractivity contribution in [2.24, 2.45) is 0 Å². The van der Waals surface area contributed by atoms with Gasteiger partial charge in [-0.05, 0) is 19.1 Å². The summed E-state index contributed by atoms with van der Waals surface area (Å²) in [7, 11) is 1.56. The lowest BCUT2D eigenvalue weighted by Crippen LogP contribution is -2.04. The summed E-state index contributed by atoms with van der Waals surface area (Å²) in [5.41, 5.74) is 0.527. The van der Waals surface area contributed by atoms with Crippen molar-refractivity contribution in [3.05, 3.63) is 23.8 Å². The van der Waals surface area contributed by atoms with E-state index >= 15 is 0 Å². The van der Waals surface area contributed by atoms with Crippen LogP contribution in [0.15, 0.2) is 18.2 Å². The minimum absolute atomic E-state index is 0.0540. The number of carbonyl (C=O) groups excluding carboxylic acids is 1. The van der Waals surface area contributed by atoms with Crippen LogP contribution in [-0.2, 0) is 0 Å². The number of methoxy groups -OCH3 is 1. The summed E-state index contributed by atoms with van der Waals surface area (Å²) in [6, 6.07) is 5.07. The molecule has 1 rings (SSSR count). The molecule has 0 fully saturated rings. The maximum Gasteiger partial charge on any atom is 0.163 e. The molecule has 4 nitrogen and oxygen atoms in total. The second kappa shape index (κ2) is 6.12. The summed E-state index contributed by atoms with van der Waals surface area (Å²) >= 11 is 0. The van der Waals surface area contributed by atoms with E-state index in [0.29, 0.717) is 30.1 Å². The van der Waals surface area contributed by atoms with Gasteiger partial charge in [-0.15, -0.1) is 0 Å². The Kier molecular flexibility index (Phi) is 4.79. The van der Waals surface area contributed by atoms with Gasteiger partial charge in [0.15, 0.2) is 5.78 Å². The molecule has 0 radical (unpaired) electrons. The van der Waals surface area contributed by atoms with Gasteiger partial charge < -0.3 is 14.6 Å². The second-order valence-corrected chi connectivity index (χ2v) is 3.34. The number of ketones is 1. The molecule has 0 aliphatic heterocycles. The first-order valence-electron chi connectivity index (χ1n) is 5.11. The highest BCUT2D eigenvalue weighted by Crippen LogP contribution is 2.25. The molecule has 88 valence electrons. The Balaban J connectivity index is 2.87. The predicted octanol–water partition coefficient (Wildman–Crippen LogP) is 1.66. The normalized spacial score (nSPS) is 9.94. The second-order valence-electron chi connectivity index (χ2n) is 3.34. The minimum Gasteiger partial charge on any atom is -0.497 e. The third kappa shape index (κ3) is 3.24. The Morgan fingerprint density at radius 1 is 1.44 bits per heavy atom. The van der Waals surface area contributed by atoms with Crippen LogP contribution in [0, 0.1) is 0 Å². The van der Waals surface area contributed by atoms with Crippen molar-refractivity contribution in [3.63, 3.8) is 0 Å². The zero-order valence-corrected chi connectivity index (χ0v) is 9.53. The van der Waals surface area contributed by atoms with Crippen molar-refractivity contribution in [1.29, 1.82) is 0 Å². The first kappa shape index (κ1) is 12.5. The van der Waals surface area contributed by atoms with Gasteiger partial charge in [-0.1, -0.05) is 0 Å². The molecular formula is C12H16O4. The number of aliphatic hydroxyl groups is 1. The molecule has 0 saturated carbocycles. The smallest absolute Gasteiger partial charge is 0.163 e. The summed E-state index contributed by atoms with van der Waals surface area (Å²) in [6.07, 6.45) is 0.536. The molecule has 0 saturated heterocycles. The topological polar surface area (TPSA) is 55.8 Å². The molecule has 0 unspecified atom stereocenters. The number of carbonyl (C=O) groups is 1. The van der Waals surface area contributed by atoms with Crippen molar-refractivity contribution in [1.82, 2.24) is 0 Å². The molecular weight excluding hydrogens is 208 g/mol. The van der Waals surface area contributed by atoms with E-state index in [-0.39, 0.29) is 12.4 Å². The molecule has 1 aromatic carbocycles. The standard InChI is InChI=1S/C12H16O4/c1-9(14)11-5-4-10(15-2)8-12(11)16-7-3-6-13/h4-5,8,13H,3,6-7H2,1-2H3. The highest BCUT2D eigenvalue weighted by Gasteiger charge is 2.09. The fraction of sp³-hybridized carbons (Fsp3) is 0.417. The molecule has 1 N–H and O–H groups in total. The molecule has 0 amide bonds. The van der Waals surface area contributed by atoms with Gasteiger partial charge in [0.05, 0.1) is 19.3 Å². The van der Waals surface area contributed by atoms with Gasteiger partial charge in [-0.25, -0.2) is 0 Å². The Morgan fingerprint density at radius 2 is 2.19 bits per heavy atom. The molecule has 0 atom stereocenters. The van der Waals surface area contributed by atoms with Crippen LogP contribution in [0.1, 0.15) is 23.7 Å². The molecule has 0 aliphatic rings. The maximum absolute atomic E-state index is 11.3. The Labute approximate surface area is 94.8 Å². The van der Waals surface area contributed by atoms with E-state index in [1.165, 1.54) is 6.92 Å². The Bertz CT molecular complexity index is 360. The van der Waals surface area contributed by atoms with Crippen molar-refractivity contribution in [2.75, 3.05) is 20.3 Å². The van der Waals surface area contributed by atoms with Crippen LogP contribution in [-0.4, -0.2) is 31.2 Å². The van der Waals surface area contributed by atoms with Crippen molar-refractivity contribution >= 4 is 5.78 Å². The minimum atomic E-state index is -0.0540. The molecule has 16 heavy (non-hydrogen) atoms. The van der Waals surface area contributed by atoms with Crippen LogP contribution in [0.5, 0.6) is 11.5 Å². The SMILES string of the molecule is COc1ccc(C(C)=O)c(OCCCO)c1. The summed E-state index contributed by atoms with van der Waals surface area (Å²) in [5.74, 6) is 1.09. The zero-order chi connectivity index (χ0) is 12.0. The monoisotopic (exact) mass is 224 g/mol. The lowest BCUT2D eigenvalue weighted by Gasteiger charge is -2.10. The van der Waals surface area contributed by atoms with Crippen LogP contribution >= 0.6 is 0 Å². The molecule has 0 aliphatic carbocycles. The number of rotatable bonds is 6. The number of hydrogen-bond acceptors (Lipinski definition) is 4. The molecule has 0 aromatic heterocycles. The fourth-order valence-electron chi connectivity index (χ4n) is 1.29. The maximum atomic E-state index is 11.3. The predicted molar refractivity (Wildman–Crippen MR) is 60.2 cm³/mol. The van der Waals surface area contributed by atoms with Gasteiger partial charge in [0.2, 0.25) is 0 Å². The number of hydrogen-bond donors (Lipinski definition) is 1. The first-order valence-corrected chi connectivity index (χ1v) is 5.11. The van der Waals surface area contributed by atoms with E-state index in [9.17, 15) is 4.79 Å². The van der Waals surface area contributed by atoms with Gasteiger partial charge in [0.25, 0.3) is 0 Å². The number of Topliss-reactive ketones (excluding diaryl/α,β-unsaturated/α-hetero) is 1. The molecule has 0 bridgehead atoms. The number of aliphatic hydroxyl groups excluding tert-OH is 1. The van der Waals surface area contributed by atoms with Crippen LogP contribution in [0.25, 0.3) is 0 Å². The van der Waals surface area contributed by atoms with Crippen LogP contribution in [0.4, 0.5) is 0 Å². The van der Waals surface area contributed by atoms with Crippen molar-refractivity contribution in [3.8, 4) is 11.5 Å². The van der Waals surface area contributed by atoms with Crippen LogP contribution in [0.2, 0.25) is 0 Å². The van der Waals surface area contributed by atoms with Gasteiger partial charge in [0, 0.05) is 19.1 Å². The molecule has 1 aromatic rings. The average Bonchev–Trinajstić information content (AvgIpc) is 2.29. The van der Waals surface area contributed by atoms with Crippen LogP contribution < -0.4 is 9.47 Å². The Hall–Kier alpha value is -1.55. The summed E-state index contributed by atoms with van der Waals surface area (Å²) in [4.78, 5) is 11.3. The van der Waals surface area contributed by atoms with E-state index < -0.39 is 0 Å². The third-order valence-corrected chi connectivity index (χ3v) is 2.13. The van der Waals surface area contributed by atoms with E-state index in [4.69, 9.17) is 14.6 Å². The fourth-order valence-corrected chi connectivity index (χ4v) is 1.29. The largest absolute Gasteiger partial charge is 0.497 e. The highest BCUT2D eigenvalue weighted by molar-refractivity contribution is 5.97. The number of ether oxygens (including phenoxy) is 2. The van der Waals surface area contributed by atoms with Gasteiger partial charge in [-0.3, -0.25) is 4.79 Å². The molecule has 4 heteroatoms. The van der Waals surface area contributed by atoms with Gasteiger partial charge >= 0.3 is 0 Å². The van der Waals surface area contributed by atoms with Crippen LogP contribution in [0.3, 0.4) is 0 Å². The molecule has 0 heterocycles. The van der Waals surface area contributed by atoms with Crippen molar-refractivity contribution in [2.45, 2.75) is 13.3 Å². The van der Waals surface area contributed by atoms with Crippen molar-refractivity contribution < 1.29 is 19.4 Å². The van der Waals surface area contributed by atoms with Gasteiger partial charge in [-0.2, -0.15) is 0 Å². The Morgan fingerprint density at radius 3 is 2.75 bits per heavy atom. The third-order valence-electron chi connectivity index (χ3n) is 2.13. The van der Waals surface area contributed by atoms with Gasteiger partial charge in [0.1, 0.15) is 11.5 Å². The quantitative estimate of drug-likeness (QED) is 0.589. The number of benzene rings is 1. The first-order chi connectivity index (χ1) is 7.69. The summed E-state index contributed by atoms with van der Waals surface area (Å²) in [5, 5.41) is 8.65.